The second-order valence-corrected chi connectivity index (χ2v) is 4.93. The minimum absolute atomic E-state index is 0.00179. The van der Waals surface area contributed by atoms with E-state index < -0.39 is 16.2 Å². The van der Waals surface area contributed by atoms with E-state index in [1.165, 1.54) is 18.2 Å². The second-order valence-electron chi connectivity index (χ2n) is 3.54. The Hall–Kier alpha value is -1.19. The Morgan fingerprint density at radius 3 is 2.53 bits per heavy atom. The lowest BCUT2D eigenvalue weighted by Crippen LogP contribution is -2.23. The highest BCUT2D eigenvalue weighted by Crippen LogP contribution is 2.21. The first-order chi connectivity index (χ1) is 7.88. The molecule has 7 N–H and O–H groups in total. The lowest BCUT2D eigenvalue weighted by atomic mass is 10.1. The zero-order chi connectivity index (χ0) is 13.1. The number of nitrogens with one attached hydrogen (secondary N) is 1. The van der Waals surface area contributed by atoms with Crippen molar-refractivity contribution in [2.45, 2.75) is 17.4 Å². The third-order valence-electron chi connectivity index (χ3n) is 2.24. The number of aliphatic hydroxyl groups excluding tert-OH is 1. The Morgan fingerprint density at radius 1 is 1.41 bits per heavy atom. The van der Waals surface area contributed by atoms with Gasteiger partial charge in [0.05, 0.1) is 11.0 Å². The normalized spacial score (nSPS) is 13.4. The number of hydrogen-bond donors (Lipinski definition) is 5. The fraction of sp³-hybridized carbons (Fsp3) is 0.333. The summed E-state index contributed by atoms with van der Waals surface area (Å²) >= 11 is 0. The molecule has 0 radical (unpaired) electrons. The molecule has 1 aromatic carbocycles. The number of hydrogen-bond acceptors (Lipinski definition) is 6. The minimum Gasteiger partial charge on any atom is -0.391 e. The maximum absolute atomic E-state index is 11.2. The van der Waals surface area contributed by atoms with Crippen LogP contribution in [0.4, 0.5) is 5.69 Å². The van der Waals surface area contributed by atoms with Gasteiger partial charge < -0.3 is 16.3 Å². The summed E-state index contributed by atoms with van der Waals surface area (Å²) in [5.41, 5.74) is 8.13. The maximum Gasteiger partial charge on any atom is 0.294 e. The maximum atomic E-state index is 11.2. The van der Waals surface area contributed by atoms with Gasteiger partial charge in [-0.25, -0.2) is 0 Å². The van der Waals surface area contributed by atoms with Crippen LogP contribution >= 0.6 is 0 Å². The van der Waals surface area contributed by atoms with Crippen molar-refractivity contribution < 1.29 is 18.1 Å². The zero-order valence-corrected chi connectivity index (χ0v) is 9.81. The van der Waals surface area contributed by atoms with E-state index >= 15 is 0 Å². The molecule has 0 bridgehead atoms. The van der Waals surface area contributed by atoms with E-state index in [1.54, 1.807) is 0 Å². The van der Waals surface area contributed by atoms with Crippen LogP contribution in [-0.2, 0) is 16.5 Å². The van der Waals surface area contributed by atoms with Crippen molar-refractivity contribution in [3.05, 3.63) is 23.8 Å². The fourth-order valence-electron chi connectivity index (χ4n) is 1.39. The van der Waals surface area contributed by atoms with Gasteiger partial charge in [-0.05, 0) is 17.7 Å². The van der Waals surface area contributed by atoms with Crippen molar-refractivity contribution in [2.75, 3.05) is 12.0 Å². The topological polar surface area (TPSA) is 139 Å². The monoisotopic (exact) mass is 261 g/mol. The summed E-state index contributed by atoms with van der Waals surface area (Å²) in [6.45, 7) is 0.00179. The molecule has 96 valence electrons. The average molecular weight is 261 g/mol. The first kappa shape index (κ1) is 13.9. The quantitative estimate of drug-likeness (QED) is 0.262. The lowest BCUT2D eigenvalue weighted by Gasteiger charge is -2.12. The molecule has 0 aromatic heterocycles. The summed E-state index contributed by atoms with van der Waals surface area (Å²) in [7, 11) is -4.37. The van der Waals surface area contributed by atoms with E-state index in [2.05, 4.69) is 5.43 Å². The highest BCUT2D eigenvalue weighted by molar-refractivity contribution is 7.85. The van der Waals surface area contributed by atoms with Crippen molar-refractivity contribution >= 4 is 15.8 Å². The molecule has 17 heavy (non-hydrogen) atoms. The first-order valence-corrected chi connectivity index (χ1v) is 6.27. The minimum atomic E-state index is -4.37. The predicted molar refractivity (Wildman–Crippen MR) is 62.8 cm³/mol. The van der Waals surface area contributed by atoms with Gasteiger partial charge in [-0.15, -0.1) is 0 Å². The number of aliphatic hydroxyl groups is 1. The third-order valence-corrected chi connectivity index (χ3v) is 3.18. The molecule has 1 aromatic rings. The third kappa shape index (κ3) is 3.65. The number of rotatable bonds is 5. The number of nitrogen functional groups attached to an aromatic ring is 1. The average Bonchev–Trinajstić information content (AvgIpc) is 2.28. The van der Waals surface area contributed by atoms with Gasteiger partial charge in [-0.1, -0.05) is 6.07 Å². The lowest BCUT2D eigenvalue weighted by molar-refractivity contribution is 0.182. The molecule has 0 spiro atoms. The Kier molecular flexibility index (Phi) is 4.43. The van der Waals surface area contributed by atoms with Gasteiger partial charge in [0.15, 0.2) is 0 Å². The van der Waals surface area contributed by atoms with Crippen LogP contribution in [-0.4, -0.2) is 30.7 Å². The molecule has 1 atom stereocenters. The van der Waals surface area contributed by atoms with E-state index in [4.69, 9.17) is 16.1 Å². The molecule has 8 heteroatoms. The van der Waals surface area contributed by atoms with Crippen LogP contribution in [0.1, 0.15) is 5.56 Å². The van der Waals surface area contributed by atoms with E-state index in [0.717, 1.165) is 0 Å². The van der Waals surface area contributed by atoms with Gasteiger partial charge in [-0.3, -0.25) is 10.4 Å². The Bertz CT molecular complexity index is 489. The summed E-state index contributed by atoms with van der Waals surface area (Å²) < 4.78 is 31.4. The van der Waals surface area contributed by atoms with E-state index in [9.17, 15) is 13.5 Å². The Labute approximate surface area is 99.1 Å². The molecule has 0 aliphatic carbocycles. The molecule has 0 amide bonds. The summed E-state index contributed by atoms with van der Waals surface area (Å²) in [6.07, 6.45) is -0.830. The molecular weight excluding hydrogens is 246 g/mol. The Balaban J connectivity index is 3.21. The molecular formula is C9H15N3O4S. The molecule has 1 unspecified atom stereocenters. The predicted octanol–water partition coefficient (Wildman–Crippen LogP) is -0.919. The highest BCUT2D eigenvalue weighted by atomic mass is 32.2. The number of anilines is 1. The summed E-state index contributed by atoms with van der Waals surface area (Å²) in [6, 6.07) is 4.18. The first-order valence-electron chi connectivity index (χ1n) is 4.83. The molecule has 0 saturated carbocycles. The van der Waals surface area contributed by atoms with Crippen LogP contribution in [0.5, 0.6) is 0 Å². The van der Waals surface area contributed by atoms with Crippen molar-refractivity contribution in [1.82, 2.24) is 0 Å². The van der Waals surface area contributed by atoms with Crippen LogP contribution in [0.2, 0.25) is 0 Å². The molecule has 0 aliphatic rings. The zero-order valence-electron chi connectivity index (χ0n) is 9.00. The van der Waals surface area contributed by atoms with Crippen molar-refractivity contribution in [2.24, 2.45) is 11.6 Å². The Morgan fingerprint density at radius 2 is 2.06 bits per heavy atom. The van der Waals surface area contributed by atoms with Gasteiger partial charge in [-0.2, -0.15) is 8.42 Å². The molecule has 0 heterocycles. The highest BCUT2D eigenvalue weighted by Gasteiger charge is 2.17. The molecule has 7 nitrogen and oxygen atoms in total. The van der Waals surface area contributed by atoms with Crippen LogP contribution in [0.15, 0.2) is 23.1 Å². The molecule has 0 aliphatic heterocycles. The number of benzene rings is 1. The van der Waals surface area contributed by atoms with Gasteiger partial charge in [0.1, 0.15) is 0 Å². The van der Waals surface area contributed by atoms with Gasteiger partial charge in [0.25, 0.3) is 10.1 Å². The van der Waals surface area contributed by atoms with Crippen LogP contribution in [0.25, 0.3) is 0 Å². The smallest absolute Gasteiger partial charge is 0.294 e. The van der Waals surface area contributed by atoms with Crippen LogP contribution in [0.3, 0.4) is 0 Å². The summed E-state index contributed by atoms with van der Waals surface area (Å²) in [5.74, 6) is 5.14. The van der Waals surface area contributed by atoms with Crippen molar-refractivity contribution in [1.29, 1.82) is 0 Å². The number of hydrazine groups is 1. The standard InChI is InChI=1S/C9H15N3O4S/c10-5-8(13)3-6-1-2-7(12-11)4-9(6)17(14,15)16/h1-2,4,8,12-13H,3,5,10-11H2,(H,14,15,16). The molecule has 0 fully saturated rings. The van der Waals surface area contributed by atoms with Crippen LogP contribution < -0.4 is 17.0 Å². The largest absolute Gasteiger partial charge is 0.391 e. The SMILES string of the molecule is NCC(O)Cc1ccc(NN)cc1S(=O)(=O)O. The van der Waals surface area contributed by atoms with E-state index in [0.29, 0.717) is 5.69 Å². The van der Waals surface area contributed by atoms with Gasteiger partial charge >= 0.3 is 0 Å². The second kappa shape index (κ2) is 5.43. The van der Waals surface area contributed by atoms with Crippen molar-refractivity contribution in [3.8, 4) is 0 Å². The number of nitrogens with two attached hydrogens (primary N) is 2. The van der Waals surface area contributed by atoms with Gasteiger partial charge in [0.2, 0.25) is 0 Å². The molecule has 0 saturated heterocycles. The van der Waals surface area contributed by atoms with E-state index in [1.807, 2.05) is 0 Å². The summed E-state index contributed by atoms with van der Waals surface area (Å²) in [5, 5.41) is 9.39. The van der Waals surface area contributed by atoms with Gasteiger partial charge in [0, 0.05) is 18.7 Å². The fourth-order valence-corrected chi connectivity index (χ4v) is 2.15. The van der Waals surface area contributed by atoms with Crippen LogP contribution in [0, 0.1) is 0 Å². The van der Waals surface area contributed by atoms with Crippen molar-refractivity contribution in [3.63, 3.8) is 0 Å². The molecule has 1 rings (SSSR count). The summed E-state index contributed by atoms with van der Waals surface area (Å²) in [4.78, 5) is -0.291. The van der Waals surface area contributed by atoms with E-state index in [-0.39, 0.29) is 23.4 Å².